The Morgan fingerprint density at radius 3 is 2.84 bits per heavy atom. The first-order chi connectivity index (χ1) is 15.6. The average Bonchev–Trinajstić information content (AvgIpc) is 3.20. The molecule has 0 saturated carbocycles. The Morgan fingerprint density at radius 1 is 1.16 bits per heavy atom. The zero-order valence-electron chi connectivity index (χ0n) is 18.2. The van der Waals surface area contributed by atoms with Crippen LogP contribution in [-0.4, -0.2) is 57.4 Å². The van der Waals surface area contributed by atoms with Crippen molar-refractivity contribution in [1.29, 1.82) is 0 Å². The molecule has 32 heavy (non-hydrogen) atoms. The summed E-state index contributed by atoms with van der Waals surface area (Å²) in [5, 5.41) is 4.78. The number of amides is 2. The summed E-state index contributed by atoms with van der Waals surface area (Å²) in [6.45, 7) is 4.00. The molecule has 3 unspecified atom stereocenters. The van der Waals surface area contributed by atoms with Crippen LogP contribution >= 0.6 is 0 Å². The Bertz CT molecular complexity index is 1200. The maximum absolute atomic E-state index is 13.9. The van der Waals surface area contributed by atoms with Crippen LogP contribution in [0.25, 0.3) is 22.4 Å². The van der Waals surface area contributed by atoms with Crippen LogP contribution in [0.2, 0.25) is 0 Å². The van der Waals surface area contributed by atoms with Crippen molar-refractivity contribution < 1.29 is 14.1 Å². The predicted octanol–water partition coefficient (Wildman–Crippen LogP) is 3.67. The molecular weight excluding hydrogens is 404 g/mol. The van der Waals surface area contributed by atoms with Crippen molar-refractivity contribution in [3.8, 4) is 11.3 Å². The minimum atomic E-state index is 0.00571. The lowest BCUT2D eigenvalue weighted by Gasteiger charge is -2.52. The van der Waals surface area contributed by atoms with Crippen LogP contribution in [0.5, 0.6) is 0 Å². The second-order valence-electron chi connectivity index (χ2n) is 9.45. The molecule has 2 aromatic heterocycles. The van der Waals surface area contributed by atoms with Crippen molar-refractivity contribution >= 4 is 22.9 Å². The summed E-state index contributed by atoms with van der Waals surface area (Å²) in [7, 11) is 0. The van der Waals surface area contributed by atoms with Crippen molar-refractivity contribution in [1.82, 2.24) is 19.9 Å². The van der Waals surface area contributed by atoms with Crippen LogP contribution in [0.4, 0.5) is 0 Å². The minimum absolute atomic E-state index is 0.00571. The third-order valence-corrected chi connectivity index (χ3v) is 7.38. The van der Waals surface area contributed by atoms with Gasteiger partial charge in [0.2, 0.25) is 5.91 Å². The highest BCUT2D eigenvalue weighted by atomic mass is 16.5. The number of piperidine rings is 3. The van der Waals surface area contributed by atoms with Crippen molar-refractivity contribution in [3.63, 3.8) is 0 Å². The van der Waals surface area contributed by atoms with Crippen LogP contribution in [0.15, 0.2) is 40.9 Å². The van der Waals surface area contributed by atoms with E-state index < -0.39 is 0 Å². The number of fused-ring (bicyclic) bond motifs is 5. The van der Waals surface area contributed by atoms with Gasteiger partial charge in [-0.05, 0) is 44.1 Å². The van der Waals surface area contributed by atoms with Crippen molar-refractivity contribution in [2.75, 3.05) is 19.6 Å². The van der Waals surface area contributed by atoms with E-state index in [0.717, 1.165) is 31.4 Å². The Morgan fingerprint density at radius 2 is 2.00 bits per heavy atom. The Labute approximate surface area is 186 Å². The summed E-state index contributed by atoms with van der Waals surface area (Å²) < 4.78 is 5.47. The lowest BCUT2D eigenvalue weighted by Crippen LogP contribution is -2.61. The van der Waals surface area contributed by atoms with Gasteiger partial charge in [-0.15, -0.1) is 0 Å². The fourth-order valence-electron chi connectivity index (χ4n) is 5.97. The fourth-order valence-corrected chi connectivity index (χ4v) is 5.97. The zero-order valence-corrected chi connectivity index (χ0v) is 18.2. The Kier molecular flexibility index (Phi) is 4.52. The molecule has 164 valence electrons. The number of rotatable bonds is 2. The SMILES string of the molecule is Cc1noc2nc(-c3ccccc3)cc(C(=O)N3CC4CC(C3)C3CCCC(=O)N3C4)c12. The van der Waals surface area contributed by atoms with E-state index in [0.29, 0.717) is 65.3 Å². The molecule has 3 atom stereocenters. The molecule has 0 N–H and O–H groups in total. The summed E-state index contributed by atoms with van der Waals surface area (Å²) in [6, 6.07) is 12.0. The number of aromatic nitrogens is 2. The van der Waals surface area contributed by atoms with Gasteiger partial charge < -0.3 is 14.3 Å². The van der Waals surface area contributed by atoms with Gasteiger partial charge >= 0.3 is 0 Å². The molecule has 0 aliphatic carbocycles. The van der Waals surface area contributed by atoms with E-state index in [1.165, 1.54) is 0 Å². The first kappa shape index (κ1) is 19.5. The molecule has 7 heteroatoms. The lowest BCUT2D eigenvalue weighted by molar-refractivity contribution is -0.144. The molecule has 7 nitrogen and oxygen atoms in total. The molecule has 0 spiro atoms. The predicted molar refractivity (Wildman–Crippen MR) is 119 cm³/mol. The first-order valence-corrected chi connectivity index (χ1v) is 11.5. The summed E-state index contributed by atoms with van der Waals surface area (Å²) >= 11 is 0. The highest BCUT2D eigenvalue weighted by Gasteiger charge is 2.45. The average molecular weight is 431 g/mol. The van der Waals surface area contributed by atoms with Gasteiger partial charge in [-0.2, -0.15) is 0 Å². The van der Waals surface area contributed by atoms with Gasteiger partial charge in [0, 0.05) is 37.7 Å². The quantitative estimate of drug-likeness (QED) is 0.620. The molecule has 3 aliphatic heterocycles. The number of nitrogens with zero attached hydrogens (tertiary/aromatic N) is 4. The number of hydrogen-bond acceptors (Lipinski definition) is 5. The molecule has 2 amide bonds. The largest absolute Gasteiger partial charge is 0.339 e. The van der Waals surface area contributed by atoms with Crippen LogP contribution in [0.1, 0.15) is 41.7 Å². The number of carbonyl (C=O) groups excluding carboxylic acids is 2. The van der Waals surface area contributed by atoms with E-state index in [1.54, 1.807) is 0 Å². The number of benzene rings is 1. The van der Waals surface area contributed by atoms with Gasteiger partial charge in [-0.25, -0.2) is 4.98 Å². The van der Waals surface area contributed by atoms with E-state index >= 15 is 0 Å². The molecule has 0 radical (unpaired) electrons. The summed E-state index contributed by atoms with van der Waals surface area (Å²) in [6.07, 6.45) is 3.78. The summed E-state index contributed by atoms with van der Waals surface area (Å²) in [5.41, 5.74) is 3.32. The monoisotopic (exact) mass is 430 g/mol. The smallest absolute Gasteiger partial charge is 0.259 e. The molecule has 3 aliphatic rings. The van der Waals surface area contributed by atoms with Crippen molar-refractivity contribution in [2.24, 2.45) is 11.8 Å². The lowest BCUT2D eigenvalue weighted by atomic mass is 9.76. The molecule has 5 heterocycles. The van der Waals surface area contributed by atoms with E-state index in [1.807, 2.05) is 48.2 Å². The van der Waals surface area contributed by atoms with Gasteiger partial charge in [0.15, 0.2) is 0 Å². The summed E-state index contributed by atoms with van der Waals surface area (Å²) in [4.78, 5) is 35.0. The number of pyridine rings is 1. The number of aryl methyl sites for hydroxylation is 1. The molecule has 3 saturated heterocycles. The molecule has 6 rings (SSSR count). The topological polar surface area (TPSA) is 79.5 Å². The number of likely N-dealkylation sites (tertiary alicyclic amines) is 1. The first-order valence-electron chi connectivity index (χ1n) is 11.5. The molecule has 3 aromatic rings. The van der Waals surface area contributed by atoms with E-state index in [-0.39, 0.29) is 11.9 Å². The molecule has 2 bridgehead atoms. The minimum Gasteiger partial charge on any atom is -0.339 e. The van der Waals surface area contributed by atoms with Gasteiger partial charge in [0.25, 0.3) is 11.6 Å². The Balaban J connectivity index is 1.36. The normalized spacial score (nSPS) is 25.2. The number of hydrogen-bond donors (Lipinski definition) is 0. The van der Waals surface area contributed by atoms with Crippen molar-refractivity contribution in [2.45, 2.75) is 38.6 Å². The van der Waals surface area contributed by atoms with Crippen LogP contribution < -0.4 is 0 Å². The standard InChI is InChI=1S/C25H26N4O3/c1-15-23-19(11-20(26-24(23)32-27-15)17-6-3-2-4-7-17)25(31)28-12-16-10-18(14-28)21-8-5-9-22(30)29(21)13-16/h2-4,6-7,11,16,18,21H,5,8-10,12-14H2,1H3. The maximum atomic E-state index is 13.9. The molecule has 1 aromatic carbocycles. The Hall–Kier alpha value is -3.22. The van der Waals surface area contributed by atoms with Gasteiger partial charge in [-0.1, -0.05) is 35.5 Å². The van der Waals surface area contributed by atoms with E-state index in [9.17, 15) is 9.59 Å². The highest BCUT2D eigenvalue weighted by molar-refractivity contribution is 6.07. The van der Waals surface area contributed by atoms with Gasteiger partial charge in [0.1, 0.15) is 0 Å². The summed E-state index contributed by atoms with van der Waals surface area (Å²) in [5.74, 6) is 0.987. The van der Waals surface area contributed by atoms with Gasteiger partial charge in [0.05, 0.1) is 22.3 Å². The number of carbonyl (C=O) groups is 2. The van der Waals surface area contributed by atoms with Crippen LogP contribution in [0, 0.1) is 18.8 Å². The van der Waals surface area contributed by atoms with Crippen LogP contribution in [0.3, 0.4) is 0 Å². The third kappa shape index (κ3) is 3.10. The fraction of sp³-hybridized carbons (Fsp3) is 0.440. The van der Waals surface area contributed by atoms with E-state index in [4.69, 9.17) is 4.52 Å². The van der Waals surface area contributed by atoms with Crippen molar-refractivity contribution in [3.05, 3.63) is 47.7 Å². The zero-order chi connectivity index (χ0) is 21.8. The second kappa shape index (κ2) is 7.43. The van der Waals surface area contributed by atoms with E-state index in [2.05, 4.69) is 15.0 Å². The third-order valence-electron chi connectivity index (χ3n) is 7.38. The molecular formula is C25H26N4O3. The second-order valence-corrected chi connectivity index (χ2v) is 9.45. The maximum Gasteiger partial charge on any atom is 0.259 e. The highest BCUT2D eigenvalue weighted by Crippen LogP contribution is 2.39. The van der Waals surface area contributed by atoms with Crippen LogP contribution in [-0.2, 0) is 4.79 Å². The molecule has 3 fully saturated rings. The van der Waals surface area contributed by atoms with Gasteiger partial charge in [-0.3, -0.25) is 9.59 Å².